The van der Waals surface area contributed by atoms with E-state index >= 15 is 0 Å². The van der Waals surface area contributed by atoms with E-state index in [1.54, 1.807) is 22.7 Å². The molecule has 2 aromatic heterocycles. The molecule has 0 aromatic carbocycles. The highest BCUT2D eigenvalue weighted by Gasteiger charge is 2.08. The van der Waals surface area contributed by atoms with E-state index < -0.39 is 6.10 Å². The van der Waals surface area contributed by atoms with Crippen molar-refractivity contribution in [1.29, 1.82) is 0 Å². The molecular weight excluding hydrogens is 290 g/mol. The number of hydrogen-bond donors (Lipinski definition) is 2. The Morgan fingerprint density at radius 2 is 2.25 bits per heavy atom. The fourth-order valence-corrected chi connectivity index (χ4v) is 3.24. The van der Waals surface area contributed by atoms with E-state index in [4.69, 9.17) is 4.74 Å². The molecule has 2 unspecified atom stereocenters. The number of ether oxygens (including phenoxy) is 1. The van der Waals surface area contributed by atoms with Crippen molar-refractivity contribution in [3.63, 3.8) is 0 Å². The predicted octanol–water partition coefficient (Wildman–Crippen LogP) is 2.91. The van der Waals surface area contributed by atoms with Crippen molar-refractivity contribution in [2.75, 3.05) is 13.2 Å². The summed E-state index contributed by atoms with van der Waals surface area (Å²) in [7, 11) is 0. The molecule has 2 rings (SSSR count). The molecule has 0 bridgehead atoms. The summed E-state index contributed by atoms with van der Waals surface area (Å²) in [6.45, 7) is 3.65. The molecule has 0 fully saturated rings. The topological polar surface area (TPSA) is 41.5 Å². The van der Waals surface area contributed by atoms with Crippen molar-refractivity contribution in [2.24, 2.45) is 0 Å². The number of nitrogens with one attached hydrogen (secondary N) is 1. The van der Waals surface area contributed by atoms with Crippen molar-refractivity contribution in [2.45, 2.75) is 32.1 Å². The van der Waals surface area contributed by atoms with E-state index in [9.17, 15) is 5.11 Å². The SMILES string of the molecule is CC(Cc1ccsc1)NCC(O)COCc1cccs1. The van der Waals surface area contributed by atoms with Crippen LogP contribution >= 0.6 is 22.7 Å². The maximum atomic E-state index is 9.87. The highest BCUT2D eigenvalue weighted by atomic mass is 32.1. The molecule has 0 saturated heterocycles. The predicted molar refractivity (Wildman–Crippen MR) is 85.5 cm³/mol. The van der Waals surface area contributed by atoms with Gasteiger partial charge in [0.05, 0.1) is 19.3 Å². The molecule has 0 saturated carbocycles. The maximum absolute atomic E-state index is 9.87. The van der Waals surface area contributed by atoms with Gasteiger partial charge >= 0.3 is 0 Å². The van der Waals surface area contributed by atoms with Crippen molar-refractivity contribution < 1.29 is 9.84 Å². The lowest BCUT2D eigenvalue weighted by atomic mass is 10.1. The van der Waals surface area contributed by atoms with Gasteiger partial charge in [-0.1, -0.05) is 6.07 Å². The first-order chi connectivity index (χ1) is 9.74. The lowest BCUT2D eigenvalue weighted by Crippen LogP contribution is -2.36. The van der Waals surface area contributed by atoms with Crippen LogP contribution in [0.25, 0.3) is 0 Å². The van der Waals surface area contributed by atoms with Crippen LogP contribution < -0.4 is 5.32 Å². The van der Waals surface area contributed by atoms with Crippen LogP contribution in [0, 0.1) is 0 Å². The summed E-state index contributed by atoms with van der Waals surface area (Å²) in [6, 6.07) is 6.55. The van der Waals surface area contributed by atoms with E-state index in [1.165, 1.54) is 10.4 Å². The monoisotopic (exact) mass is 311 g/mol. The van der Waals surface area contributed by atoms with E-state index in [1.807, 2.05) is 17.5 Å². The first-order valence-corrected chi connectivity index (χ1v) is 8.59. The number of hydrogen-bond acceptors (Lipinski definition) is 5. The highest BCUT2D eigenvalue weighted by Crippen LogP contribution is 2.10. The Balaban J connectivity index is 1.56. The second-order valence-corrected chi connectivity index (χ2v) is 6.71. The quantitative estimate of drug-likeness (QED) is 0.748. The zero-order chi connectivity index (χ0) is 14.2. The lowest BCUT2D eigenvalue weighted by molar-refractivity contribution is 0.0288. The molecule has 2 N–H and O–H groups in total. The van der Waals surface area contributed by atoms with Gasteiger partial charge in [-0.3, -0.25) is 0 Å². The van der Waals surface area contributed by atoms with Crippen LogP contribution in [-0.4, -0.2) is 30.4 Å². The summed E-state index contributed by atoms with van der Waals surface area (Å²) in [5.74, 6) is 0. The molecule has 0 radical (unpaired) electrons. The number of aliphatic hydroxyl groups is 1. The fraction of sp³-hybridized carbons (Fsp3) is 0.467. The Labute approximate surface area is 128 Å². The summed E-state index contributed by atoms with van der Waals surface area (Å²) in [5, 5.41) is 19.5. The summed E-state index contributed by atoms with van der Waals surface area (Å²) in [5.41, 5.74) is 1.35. The molecule has 5 heteroatoms. The Morgan fingerprint density at radius 3 is 2.95 bits per heavy atom. The zero-order valence-corrected chi connectivity index (χ0v) is 13.3. The lowest BCUT2D eigenvalue weighted by Gasteiger charge is -2.16. The van der Waals surface area contributed by atoms with E-state index in [0.29, 0.717) is 25.8 Å². The van der Waals surface area contributed by atoms with Gasteiger partial charge in [-0.25, -0.2) is 0 Å². The van der Waals surface area contributed by atoms with E-state index in [-0.39, 0.29) is 0 Å². The van der Waals surface area contributed by atoms with Gasteiger partial charge in [0.2, 0.25) is 0 Å². The van der Waals surface area contributed by atoms with Gasteiger partial charge in [-0.15, -0.1) is 11.3 Å². The Kier molecular flexibility index (Phi) is 6.69. The van der Waals surface area contributed by atoms with Crippen molar-refractivity contribution in [1.82, 2.24) is 5.32 Å². The molecule has 2 aromatic rings. The van der Waals surface area contributed by atoms with Crippen LogP contribution in [0.1, 0.15) is 17.4 Å². The van der Waals surface area contributed by atoms with Crippen LogP contribution in [-0.2, 0) is 17.8 Å². The molecule has 0 aliphatic heterocycles. The highest BCUT2D eigenvalue weighted by molar-refractivity contribution is 7.09. The second-order valence-electron chi connectivity index (χ2n) is 4.89. The molecule has 0 aliphatic rings. The number of rotatable bonds is 9. The van der Waals surface area contributed by atoms with E-state index in [2.05, 4.69) is 29.1 Å². The molecular formula is C15H21NO2S2. The number of aliphatic hydroxyl groups excluding tert-OH is 1. The van der Waals surface area contributed by atoms with E-state index in [0.717, 1.165) is 6.42 Å². The molecule has 0 amide bonds. The first-order valence-electron chi connectivity index (χ1n) is 6.76. The van der Waals surface area contributed by atoms with Crippen molar-refractivity contribution in [3.05, 3.63) is 44.8 Å². The van der Waals surface area contributed by atoms with Gasteiger partial charge in [0, 0.05) is 17.5 Å². The van der Waals surface area contributed by atoms with Crippen LogP contribution in [0.15, 0.2) is 34.3 Å². The van der Waals surface area contributed by atoms with Crippen LogP contribution in [0.4, 0.5) is 0 Å². The van der Waals surface area contributed by atoms with Gasteiger partial charge in [0.1, 0.15) is 0 Å². The van der Waals surface area contributed by atoms with Gasteiger partial charge in [-0.05, 0) is 47.2 Å². The minimum Gasteiger partial charge on any atom is -0.389 e. The Hall–Kier alpha value is -0.720. The molecule has 0 aliphatic carbocycles. The normalized spacial score (nSPS) is 14.3. The smallest absolute Gasteiger partial charge is 0.0897 e. The van der Waals surface area contributed by atoms with Gasteiger partial charge < -0.3 is 15.2 Å². The second kappa shape index (κ2) is 8.54. The average Bonchev–Trinajstić information content (AvgIpc) is 3.09. The van der Waals surface area contributed by atoms with Crippen molar-refractivity contribution in [3.8, 4) is 0 Å². The molecule has 110 valence electrons. The maximum Gasteiger partial charge on any atom is 0.0897 e. The third kappa shape index (κ3) is 5.73. The Morgan fingerprint density at radius 1 is 1.35 bits per heavy atom. The van der Waals surface area contributed by atoms with Crippen LogP contribution in [0.3, 0.4) is 0 Å². The van der Waals surface area contributed by atoms with Gasteiger partial charge in [-0.2, -0.15) is 11.3 Å². The third-order valence-electron chi connectivity index (χ3n) is 2.96. The molecule has 20 heavy (non-hydrogen) atoms. The van der Waals surface area contributed by atoms with Gasteiger partial charge in [0.25, 0.3) is 0 Å². The molecule has 3 nitrogen and oxygen atoms in total. The van der Waals surface area contributed by atoms with Crippen LogP contribution in [0.5, 0.6) is 0 Å². The summed E-state index contributed by atoms with van der Waals surface area (Å²) >= 11 is 3.39. The fourth-order valence-electron chi connectivity index (χ4n) is 1.92. The number of thiophene rings is 2. The van der Waals surface area contributed by atoms with Crippen molar-refractivity contribution >= 4 is 22.7 Å². The molecule has 2 heterocycles. The van der Waals surface area contributed by atoms with Crippen LogP contribution in [0.2, 0.25) is 0 Å². The third-order valence-corrected chi connectivity index (χ3v) is 4.54. The summed E-state index contributed by atoms with van der Waals surface area (Å²) in [6.07, 6.45) is 0.534. The summed E-state index contributed by atoms with van der Waals surface area (Å²) in [4.78, 5) is 1.19. The zero-order valence-electron chi connectivity index (χ0n) is 11.6. The minimum atomic E-state index is -0.458. The first kappa shape index (κ1) is 15.7. The minimum absolute atomic E-state index is 0.358. The average molecular weight is 311 g/mol. The molecule has 0 spiro atoms. The van der Waals surface area contributed by atoms with Gasteiger partial charge in [0.15, 0.2) is 0 Å². The standard InChI is InChI=1S/C15H21NO2S2/c1-12(7-13-4-6-19-11-13)16-8-14(17)9-18-10-15-3-2-5-20-15/h2-6,11-12,14,16-17H,7-10H2,1H3. The summed E-state index contributed by atoms with van der Waals surface area (Å²) < 4.78 is 5.50. The molecule has 2 atom stereocenters. The Bertz CT molecular complexity index is 456. The largest absolute Gasteiger partial charge is 0.389 e.